The smallest absolute Gasteiger partial charge is 0.263 e. The van der Waals surface area contributed by atoms with E-state index < -0.39 is 15.8 Å². The summed E-state index contributed by atoms with van der Waals surface area (Å²) < 4.78 is 41.1. The fourth-order valence-corrected chi connectivity index (χ4v) is 4.19. The molecule has 2 rings (SSSR count). The largest absolute Gasteiger partial charge is 0.392 e. The molecule has 0 bridgehead atoms. The third-order valence-corrected chi connectivity index (χ3v) is 5.69. The quantitative estimate of drug-likeness (QED) is 0.765. The highest BCUT2D eigenvalue weighted by molar-refractivity contribution is 9.11. The maximum Gasteiger partial charge on any atom is 0.263 e. The summed E-state index contributed by atoms with van der Waals surface area (Å²) in [4.78, 5) is -0.0368. The van der Waals surface area contributed by atoms with Crippen molar-refractivity contribution in [2.45, 2.75) is 11.5 Å². The zero-order chi connectivity index (χ0) is 15.6. The van der Waals surface area contributed by atoms with Gasteiger partial charge >= 0.3 is 0 Å². The molecule has 0 aromatic heterocycles. The van der Waals surface area contributed by atoms with Gasteiger partial charge in [-0.1, -0.05) is 6.07 Å². The highest BCUT2D eigenvalue weighted by Gasteiger charge is 2.19. The fourth-order valence-electron chi connectivity index (χ4n) is 1.63. The number of hydrogen-bond donors (Lipinski definition) is 2. The molecule has 0 aliphatic carbocycles. The van der Waals surface area contributed by atoms with Crippen molar-refractivity contribution in [1.29, 1.82) is 0 Å². The summed E-state index contributed by atoms with van der Waals surface area (Å²) >= 11 is 6.31. The van der Waals surface area contributed by atoms with E-state index in [4.69, 9.17) is 5.11 Å². The van der Waals surface area contributed by atoms with E-state index in [-0.39, 0.29) is 17.2 Å². The highest BCUT2D eigenvalue weighted by atomic mass is 79.9. The predicted molar refractivity (Wildman–Crippen MR) is 85.0 cm³/mol. The molecule has 0 heterocycles. The second-order valence-electron chi connectivity index (χ2n) is 4.15. The highest BCUT2D eigenvalue weighted by Crippen LogP contribution is 2.29. The molecule has 0 unspecified atom stereocenters. The van der Waals surface area contributed by atoms with Gasteiger partial charge in [-0.25, -0.2) is 12.8 Å². The van der Waals surface area contributed by atoms with Gasteiger partial charge in [-0.05, 0) is 67.8 Å². The number of benzene rings is 2. The first-order valence-electron chi connectivity index (χ1n) is 5.70. The lowest BCUT2D eigenvalue weighted by Crippen LogP contribution is -2.14. The van der Waals surface area contributed by atoms with Crippen molar-refractivity contribution in [3.8, 4) is 0 Å². The lowest BCUT2D eigenvalue weighted by Gasteiger charge is -2.12. The molecule has 0 saturated carbocycles. The van der Waals surface area contributed by atoms with Gasteiger partial charge in [-0.2, -0.15) is 0 Å². The van der Waals surface area contributed by atoms with E-state index >= 15 is 0 Å². The molecule has 112 valence electrons. The molecule has 0 atom stereocenters. The monoisotopic (exact) mass is 437 g/mol. The molecule has 0 aliphatic heterocycles. The predicted octanol–water partition coefficient (Wildman–Crippen LogP) is 3.64. The van der Waals surface area contributed by atoms with Crippen molar-refractivity contribution in [3.05, 3.63) is 56.7 Å². The van der Waals surface area contributed by atoms with Crippen LogP contribution in [0.5, 0.6) is 0 Å². The number of aliphatic hydroxyl groups is 1. The van der Waals surface area contributed by atoms with Crippen LogP contribution in [0.3, 0.4) is 0 Å². The van der Waals surface area contributed by atoms with Crippen molar-refractivity contribution < 1.29 is 17.9 Å². The van der Waals surface area contributed by atoms with Crippen LogP contribution in [0.2, 0.25) is 0 Å². The minimum absolute atomic E-state index is 0.0368. The van der Waals surface area contributed by atoms with Gasteiger partial charge in [0.2, 0.25) is 0 Å². The first kappa shape index (κ1) is 16.4. The third-order valence-electron chi connectivity index (χ3n) is 2.64. The summed E-state index contributed by atoms with van der Waals surface area (Å²) in [5.74, 6) is -0.556. The van der Waals surface area contributed by atoms with Crippen LogP contribution in [0.1, 0.15) is 5.56 Å². The number of anilines is 1. The summed E-state index contributed by atoms with van der Waals surface area (Å²) in [6, 6.07) is 8.17. The van der Waals surface area contributed by atoms with Gasteiger partial charge in [0, 0.05) is 8.95 Å². The molecular weight excluding hydrogens is 429 g/mol. The van der Waals surface area contributed by atoms with Crippen LogP contribution in [0.25, 0.3) is 0 Å². The standard InChI is InChI=1S/C13H10Br2FNO3S/c14-10-4-2-9(16)6-12(10)17-21(19,20)13-5-8(7-18)1-3-11(13)15/h1-6,17-18H,7H2. The average molecular weight is 439 g/mol. The van der Waals surface area contributed by atoms with Gasteiger partial charge in [0.1, 0.15) is 10.7 Å². The van der Waals surface area contributed by atoms with Crippen LogP contribution >= 0.6 is 31.9 Å². The van der Waals surface area contributed by atoms with E-state index in [2.05, 4.69) is 36.6 Å². The number of aliphatic hydroxyl groups excluding tert-OH is 1. The zero-order valence-corrected chi connectivity index (χ0v) is 14.5. The van der Waals surface area contributed by atoms with E-state index in [0.29, 0.717) is 14.5 Å². The number of rotatable bonds is 4. The number of hydrogen-bond acceptors (Lipinski definition) is 3. The van der Waals surface area contributed by atoms with Crippen LogP contribution in [0, 0.1) is 5.82 Å². The van der Waals surface area contributed by atoms with Crippen LogP contribution in [0.4, 0.5) is 10.1 Å². The number of sulfonamides is 1. The topological polar surface area (TPSA) is 66.4 Å². The Morgan fingerprint density at radius 1 is 1.10 bits per heavy atom. The third kappa shape index (κ3) is 3.82. The Hall–Kier alpha value is -0.960. The summed E-state index contributed by atoms with van der Waals surface area (Å²) in [5, 5.41) is 9.10. The zero-order valence-electron chi connectivity index (χ0n) is 10.5. The molecule has 0 fully saturated rings. The maximum atomic E-state index is 13.2. The van der Waals surface area contributed by atoms with Gasteiger partial charge in [0.25, 0.3) is 10.0 Å². The Morgan fingerprint density at radius 3 is 2.43 bits per heavy atom. The van der Waals surface area contributed by atoms with Crippen molar-refractivity contribution in [3.63, 3.8) is 0 Å². The SMILES string of the molecule is O=S(=O)(Nc1cc(F)ccc1Br)c1cc(CO)ccc1Br. The van der Waals surface area contributed by atoms with E-state index in [1.54, 1.807) is 6.07 Å². The molecule has 4 nitrogen and oxygen atoms in total. The Labute approximate surface area is 138 Å². The van der Waals surface area contributed by atoms with Crippen molar-refractivity contribution in [2.75, 3.05) is 4.72 Å². The molecule has 21 heavy (non-hydrogen) atoms. The lowest BCUT2D eigenvalue weighted by atomic mass is 10.2. The van der Waals surface area contributed by atoms with E-state index in [0.717, 1.165) is 6.07 Å². The fraction of sp³-hybridized carbons (Fsp3) is 0.0769. The van der Waals surface area contributed by atoms with Crippen molar-refractivity contribution in [1.82, 2.24) is 0 Å². The summed E-state index contributed by atoms with van der Waals surface area (Å²) in [6.07, 6.45) is 0. The normalized spacial score (nSPS) is 11.4. The van der Waals surface area contributed by atoms with Gasteiger partial charge in [-0.3, -0.25) is 4.72 Å². The Kier molecular flexibility index (Phi) is 5.03. The van der Waals surface area contributed by atoms with Gasteiger partial charge < -0.3 is 5.11 Å². The minimum Gasteiger partial charge on any atom is -0.392 e. The molecule has 0 spiro atoms. The summed E-state index contributed by atoms with van der Waals surface area (Å²) in [7, 11) is -3.92. The first-order valence-corrected chi connectivity index (χ1v) is 8.77. The Morgan fingerprint density at radius 2 is 1.76 bits per heavy atom. The summed E-state index contributed by atoms with van der Waals surface area (Å²) in [6.45, 7) is -0.278. The second kappa shape index (κ2) is 6.43. The Balaban J connectivity index is 2.45. The van der Waals surface area contributed by atoms with Crippen LogP contribution in [-0.2, 0) is 16.6 Å². The molecule has 2 N–H and O–H groups in total. The average Bonchev–Trinajstić information content (AvgIpc) is 2.43. The molecule has 0 radical (unpaired) electrons. The number of halogens is 3. The molecule has 0 saturated heterocycles. The van der Waals surface area contributed by atoms with Crippen molar-refractivity contribution >= 4 is 47.6 Å². The van der Waals surface area contributed by atoms with Crippen LogP contribution < -0.4 is 4.72 Å². The van der Waals surface area contributed by atoms with Crippen LogP contribution in [0.15, 0.2) is 50.2 Å². The van der Waals surface area contributed by atoms with E-state index in [1.165, 1.54) is 24.3 Å². The minimum atomic E-state index is -3.92. The van der Waals surface area contributed by atoms with Crippen LogP contribution in [-0.4, -0.2) is 13.5 Å². The second-order valence-corrected chi connectivity index (χ2v) is 7.51. The summed E-state index contributed by atoms with van der Waals surface area (Å²) in [5.41, 5.74) is 0.549. The van der Waals surface area contributed by atoms with Gasteiger partial charge in [0.15, 0.2) is 0 Å². The molecule has 0 aliphatic rings. The van der Waals surface area contributed by atoms with E-state index in [1.807, 2.05) is 0 Å². The lowest BCUT2D eigenvalue weighted by molar-refractivity contribution is 0.281. The van der Waals surface area contributed by atoms with Gasteiger partial charge in [-0.15, -0.1) is 0 Å². The molecule has 2 aromatic rings. The molecule has 2 aromatic carbocycles. The van der Waals surface area contributed by atoms with E-state index in [9.17, 15) is 12.8 Å². The first-order chi connectivity index (χ1) is 9.83. The van der Waals surface area contributed by atoms with Gasteiger partial charge in [0.05, 0.1) is 12.3 Å². The van der Waals surface area contributed by atoms with Crippen molar-refractivity contribution in [2.24, 2.45) is 0 Å². The molecule has 8 heteroatoms. The molecule has 0 amide bonds. The Bertz CT molecular complexity index is 781. The molecular formula is C13H10Br2FNO3S. The number of nitrogens with one attached hydrogen (secondary N) is 1. The maximum absolute atomic E-state index is 13.2.